The zero-order valence-corrected chi connectivity index (χ0v) is 5.90. The van der Waals surface area contributed by atoms with Crippen molar-refractivity contribution in [2.24, 2.45) is 5.92 Å². The van der Waals surface area contributed by atoms with Gasteiger partial charge in [-0.3, -0.25) is 0 Å². The molecular weight excluding hydrogens is 108 g/mol. The van der Waals surface area contributed by atoms with E-state index in [2.05, 4.69) is 6.08 Å². The van der Waals surface area contributed by atoms with Gasteiger partial charge in [-0.2, -0.15) is 0 Å². The van der Waals surface area contributed by atoms with E-state index in [1.165, 1.54) is 38.5 Å². The highest BCUT2D eigenvalue weighted by Gasteiger charge is 2.22. The largest absolute Gasteiger partial charge is 0.0853 e. The predicted octanol–water partition coefficient (Wildman–Crippen LogP) is 2.90. The van der Waals surface area contributed by atoms with Crippen LogP contribution in [0.2, 0.25) is 0 Å². The Kier molecular flexibility index (Phi) is 1.33. The normalized spacial score (nSPS) is 33.8. The van der Waals surface area contributed by atoms with Crippen molar-refractivity contribution in [2.75, 3.05) is 0 Å². The van der Waals surface area contributed by atoms with Crippen molar-refractivity contribution < 1.29 is 0 Å². The molecule has 0 aliphatic heterocycles. The topological polar surface area (TPSA) is 0 Å². The van der Waals surface area contributed by atoms with Crippen LogP contribution in [-0.2, 0) is 0 Å². The number of hydrogen-bond acceptors (Lipinski definition) is 0. The lowest BCUT2D eigenvalue weighted by Gasteiger charge is -2.31. The Bertz CT molecular complexity index is 125. The minimum atomic E-state index is 1.09. The molecule has 0 aromatic heterocycles. The summed E-state index contributed by atoms with van der Waals surface area (Å²) < 4.78 is 0. The minimum absolute atomic E-state index is 1.09. The Morgan fingerprint density at radius 1 is 1.22 bits per heavy atom. The molecule has 1 saturated carbocycles. The fraction of sp³-hybridized carbons (Fsp3) is 0.778. The van der Waals surface area contributed by atoms with Crippen LogP contribution in [0, 0.1) is 5.92 Å². The van der Waals surface area contributed by atoms with E-state index in [4.69, 9.17) is 0 Å². The SMILES string of the molecule is C1=C2CC(CCCC1)C2. The molecule has 9 heavy (non-hydrogen) atoms. The number of allylic oxidation sites excluding steroid dienone is 2. The molecule has 0 unspecified atom stereocenters. The Balaban J connectivity index is 2.01. The summed E-state index contributed by atoms with van der Waals surface area (Å²) in [6.07, 6.45) is 11.2. The third-order valence-corrected chi connectivity index (χ3v) is 2.60. The Labute approximate surface area is 57.0 Å². The van der Waals surface area contributed by atoms with Gasteiger partial charge >= 0.3 is 0 Å². The molecule has 0 atom stereocenters. The molecule has 0 heteroatoms. The first-order valence-electron chi connectivity index (χ1n) is 4.13. The van der Waals surface area contributed by atoms with Crippen LogP contribution in [0.4, 0.5) is 0 Å². The van der Waals surface area contributed by atoms with Crippen molar-refractivity contribution >= 4 is 0 Å². The molecule has 3 aliphatic carbocycles. The monoisotopic (exact) mass is 122 g/mol. The van der Waals surface area contributed by atoms with Crippen LogP contribution < -0.4 is 0 Å². The molecular formula is C9H14. The second-order valence-electron chi connectivity index (χ2n) is 3.42. The number of hydrogen-bond donors (Lipinski definition) is 0. The van der Waals surface area contributed by atoms with E-state index in [0.29, 0.717) is 0 Å². The van der Waals surface area contributed by atoms with E-state index in [-0.39, 0.29) is 0 Å². The highest BCUT2D eigenvalue weighted by Crippen LogP contribution is 2.38. The van der Waals surface area contributed by atoms with Crippen LogP contribution in [0.1, 0.15) is 38.5 Å². The molecule has 3 aliphatic rings. The van der Waals surface area contributed by atoms with Gasteiger partial charge in [0.15, 0.2) is 0 Å². The van der Waals surface area contributed by atoms with Crippen LogP contribution >= 0.6 is 0 Å². The Morgan fingerprint density at radius 3 is 3.00 bits per heavy atom. The predicted molar refractivity (Wildman–Crippen MR) is 39.3 cm³/mol. The summed E-state index contributed by atoms with van der Waals surface area (Å²) in [6.45, 7) is 0. The molecule has 0 aromatic rings. The van der Waals surface area contributed by atoms with E-state index >= 15 is 0 Å². The first-order valence-corrected chi connectivity index (χ1v) is 4.13. The maximum absolute atomic E-state index is 2.47. The van der Waals surface area contributed by atoms with Gasteiger partial charge in [-0.15, -0.1) is 0 Å². The van der Waals surface area contributed by atoms with Gasteiger partial charge in [0.1, 0.15) is 0 Å². The maximum Gasteiger partial charge on any atom is -0.0289 e. The molecule has 0 spiro atoms. The molecule has 0 aromatic carbocycles. The van der Waals surface area contributed by atoms with E-state index in [1.807, 2.05) is 0 Å². The zero-order valence-electron chi connectivity index (χ0n) is 5.90. The lowest BCUT2D eigenvalue weighted by atomic mass is 9.75. The van der Waals surface area contributed by atoms with Crippen molar-refractivity contribution in [3.8, 4) is 0 Å². The zero-order chi connectivity index (χ0) is 6.10. The Morgan fingerprint density at radius 2 is 2.11 bits per heavy atom. The molecule has 0 heterocycles. The van der Waals surface area contributed by atoms with Crippen LogP contribution in [0.15, 0.2) is 11.6 Å². The maximum atomic E-state index is 2.47. The van der Waals surface area contributed by atoms with Crippen molar-refractivity contribution in [2.45, 2.75) is 38.5 Å². The lowest BCUT2D eigenvalue weighted by molar-refractivity contribution is 0.362. The van der Waals surface area contributed by atoms with Gasteiger partial charge < -0.3 is 0 Å². The summed E-state index contributed by atoms with van der Waals surface area (Å²) >= 11 is 0. The molecule has 0 amide bonds. The molecule has 1 fully saturated rings. The number of rotatable bonds is 0. The van der Waals surface area contributed by atoms with Gasteiger partial charge in [0.25, 0.3) is 0 Å². The molecule has 50 valence electrons. The third-order valence-electron chi connectivity index (χ3n) is 2.60. The second-order valence-corrected chi connectivity index (χ2v) is 3.42. The standard InChI is InChI=1S/C9H14/c1-2-4-8-6-9(7-8)5-3-1/h4,9H,1-3,5-7H2. The second kappa shape index (κ2) is 2.17. The number of fused-ring (bicyclic) bond motifs is 4. The summed E-state index contributed by atoms with van der Waals surface area (Å²) in [5, 5.41) is 0. The molecule has 2 bridgehead atoms. The molecule has 0 radical (unpaired) electrons. The quantitative estimate of drug-likeness (QED) is 0.433. The average molecular weight is 122 g/mol. The van der Waals surface area contributed by atoms with Gasteiger partial charge in [-0.1, -0.05) is 18.1 Å². The van der Waals surface area contributed by atoms with Gasteiger partial charge in [0, 0.05) is 0 Å². The van der Waals surface area contributed by atoms with Gasteiger partial charge in [-0.25, -0.2) is 0 Å². The summed E-state index contributed by atoms with van der Waals surface area (Å²) in [6, 6.07) is 0. The average Bonchev–Trinajstić information content (AvgIpc) is 1.54. The lowest BCUT2D eigenvalue weighted by Crippen LogP contribution is -2.15. The summed E-state index contributed by atoms with van der Waals surface area (Å²) in [5.74, 6) is 1.09. The fourth-order valence-corrected chi connectivity index (χ4v) is 1.94. The summed E-state index contributed by atoms with van der Waals surface area (Å²) in [4.78, 5) is 0. The van der Waals surface area contributed by atoms with Crippen molar-refractivity contribution in [1.82, 2.24) is 0 Å². The molecule has 0 N–H and O–H groups in total. The van der Waals surface area contributed by atoms with Crippen molar-refractivity contribution in [3.05, 3.63) is 11.6 Å². The summed E-state index contributed by atoms with van der Waals surface area (Å²) in [5.41, 5.74) is 1.75. The Hall–Kier alpha value is -0.260. The van der Waals surface area contributed by atoms with Crippen LogP contribution in [0.3, 0.4) is 0 Å². The first-order chi connectivity index (χ1) is 4.45. The fourth-order valence-electron chi connectivity index (χ4n) is 1.94. The minimum Gasteiger partial charge on any atom is -0.0853 e. The van der Waals surface area contributed by atoms with Crippen LogP contribution in [-0.4, -0.2) is 0 Å². The molecule has 3 rings (SSSR count). The van der Waals surface area contributed by atoms with Crippen LogP contribution in [0.25, 0.3) is 0 Å². The highest BCUT2D eigenvalue weighted by atomic mass is 14.3. The van der Waals surface area contributed by atoms with Gasteiger partial charge in [0.2, 0.25) is 0 Å². The van der Waals surface area contributed by atoms with Crippen LogP contribution in [0.5, 0.6) is 0 Å². The van der Waals surface area contributed by atoms with Crippen molar-refractivity contribution in [3.63, 3.8) is 0 Å². The first kappa shape index (κ1) is 5.52. The molecule has 0 saturated heterocycles. The van der Waals surface area contributed by atoms with Gasteiger partial charge in [-0.05, 0) is 38.0 Å². The smallest absolute Gasteiger partial charge is 0.0289 e. The van der Waals surface area contributed by atoms with Crippen molar-refractivity contribution in [1.29, 1.82) is 0 Å². The van der Waals surface area contributed by atoms with Gasteiger partial charge in [0.05, 0.1) is 0 Å². The van der Waals surface area contributed by atoms with E-state index in [0.717, 1.165) is 5.92 Å². The highest BCUT2D eigenvalue weighted by molar-refractivity contribution is 5.13. The van der Waals surface area contributed by atoms with E-state index < -0.39 is 0 Å². The summed E-state index contributed by atoms with van der Waals surface area (Å²) in [7, 11) is 0. The third kappa shape index (κ3) is 1.03. The van der Waals surface area contributed by atoms with E-state index in [9.17, 15) is 0 Å². The molecule has 0 nitrogen and oxygen atoms in total. The van der Waals surface area contributed by atoms with E-state index in [1.54, 1.807) is 5.57 Å².